The Morgan fingerprint density at radius 3 is 2.24 bits per heavy atom. The first-order valence-corrected chi connectivity index (χ1v) is 10.1. The molecule has 0 bridgehead atoms. The summed E-state index contributed by atoms with van der Waals surface area (Å²) in [5, 5.41) is 8.72. The molecule has 3 N–H and O–H groups in total. The summed E-state index contributed by atoms with van der Waals surface area (Å²) in [6, 6.07) is 14.4. The number of hydrogen-bond donors (Lipinski definition) is 3. The monoisotopic (exact) mass is 397 g/mol. The van der Waals surface area contributed by atoms with E-state index in [4.69, 9.17) is 4.74 Å². The zero-order chi connectivity index (χ0) is 21.1. The van der Waals surface area contributed by atoms with Crippen LogP contribution >= 0.6 is 0 Å². The topological polar surface area (TPSA) is 79.5 Å². The molecule has 2 aromatic carbocycles. The van der Waals surface area contributed by atoms with Crippen LogP contribution in [0.3, 0.4) is 0 Å². The first kappa shape index (κ1) is 22.3. The van der Waals surface area contributed by atoms with Gasteiger partial charge < -0.3 is 20.7 Å². The molecule has 6 nitrogen and oxygen atoms in total. The van der Waals surface area contributed by atoms with Crippen LogP contribution in [0.1, 0.15) is 44.0 Å². The second kappa shape index (κ2) is 11.7. The Morgan fingerprint density at radius 1 is 0.966 bits per heavy atom. The number of amides is 2. The second-order valence-electron chi connectivity index (χ2n) is 7.29. The normalized spacial score (nSPS) is 10.5. The van der Waals surface area contributed by atoms with Gasteiger partial charge in [-0.2, -0.15) is 0 Å². The number of rotatable bonds is 11. The van der Waals surface area contributed by atoms with Crippen LogP contribution in [-0.2, 0) is 4.79 Å². The fourth-order valence-corrected chi connectivity index (χ4v) is 2.51. The molecule has 0 aliphatic heterocycles. The highest BCUT2D eigenvalue weighted by Gasteiger charge is 2.06. The van der Waals surface area contributed by atoms with Gasteiger partial charge in [0.15, 0.2) is 0 Å². The molecular formula is C23H31N3O3. The van der Waals surface area contributed by atoms with Crippen molar-refractivity contribution >= 4 is 23.2 Å². The zero-order valence-electron chi connectivity index (χ0n) is 17.5. The van der Waals surface area contributed by atoms with E-state index >= 15 is 0 Å². The van der Waals surface area contributed by atoms with Gasteiger partial charge >= 0.3 is 0 Å². The minimum atomic E-state index is -0.162. The number of hydrogen-bond acceptors (Lipinski definition) is 4. The van der Waals surface area contributed by atoms with Crippen molar-refractivity contribution in [1.82, 2.24) is 5.32 Å². The van der Waals surface area contributed by atoms with Crippen molar-refractivity contribution in [3.63, 3.8) is 0 Å². The van der Waals surface area contributed by atoms with Gasteiger partial charge in [-0.25, -0.2) is 0 Å². The fraction of sp³-hybridized carbons (Fsp3) is 0.391. The Labute approximate surface area is 173 Å². The lowest BCUT2D eigenvalue weighted by atomic mass is 10.1. The molecule has 0 heterocycles. The quantitative estimate of drug-likeness (QED) is 0.528. The Hall–Kier alpha value is -3.02. The van der Waals surface area contributed by atoms with Gasteiger partial charge in [0.2, 0.25) is 5.91 Å². The zero-order valence-corrected chi connectivity index (χ0v) is 17.5. The van der Waals surface area contributed by atoms with Crippen LogP contribution in [0.5, 0.6) is 5.75 Å². The summed E-state index contributed by atoms with van der Waals surface area (Å²) < 4.78 is 5.69. The Balaban J connectivity index is 1.75. The van der Waals surface area contributed by atoms with Crippen LogP contribution in [-0.4, -0.2) is 31.5 Å². The van der Waals surface area contributed by atoms with Crippen molar-refractivity contribution in [3.8, 4) is 5.75 Å². The molecule has 0 atom stereocenters. The molecule has 0 aliphatic rings. The van der Waals surface area contributed by atoms with Crippen molar-refractivity contribution in [2.45, 2.75) is 33.6 Å². The van der Waals surface area contributed by atoms with Crippen molar-refractivity contribution in [1.29, 1.82) is 0 Å². The molecule has 0 aliphatic carbocycles. The SMILES string of the molecule is CCCNC(=O)c1ccc(NC(=O)CNc2ccc(OCCC(C)C)cc2)cc1. The highest BCUT2D eigenvalue weighted by molar-refractivity contribution is 5.96. The molecule has 156 valence electrons. The van der Waals surface area contributed by atoms with Crippen molar-refractivity contribution in [2.24, 2.45) is 5.92 Å². The van der Waals surface area contributed by atoms with E-state index in [0.29, 0.717) is 30.3 Å². The number of nitrogens with one attached hydrogen (secondary N) is 3. The number of carbonyl (C=O) groups excluding carboxylic acids is 2. The average molecular weight is 398 g/mol. The van der Waals surface area contributed by atoms with Crippen LogP contribution in [0.2, 0.25) is 0 Å². The minimum Gasteiger partial charge on any atom is -0.494 e. The van der Waals surface area contributed by atoms with Crippen molar-refractivity contribution in [3.05, 3.63) is 54.1 Å². The molecule has 0 spiro atoms. The maximum atomic E-state index is 12.1. The number of benzene rings is 2. The number of carbonyl (C=O) groups is 2. The summed E-state index contributed by atoms with van der Waals surface area (Å²) in [4.78, 5) is 24.0. The standard InChI is InChI=1S/C23H31N3O3/c1-4-14-24-23(28)18-5-7-20(8-6-18)26-22(27)16-25-19-9-11-21(12-10-19)29-15-13-17(2)3/h5-12,17,25H,4,13-16H2,1-3H3,(H,24,28)(H,26,27). The lowest BCUT2D eigenvalue weighted by Gasteiger charge is -2.10. The van der Waals surface area contributed by atoms with E-state index in [1.807, 2.05) is 31.2 Å². The van der Waals surface area contributed by atoms with Gasteiger partial charge in [-0.05, 0) is 67.3 Å². The van der Waals surface area contributed by atoms with E-state index in [1.54, 1.807) is 24.3 Å². The van der Waals surface area contributed by atoms with Gasteiger partial charge in [-0.1, -0.05) is 20.8 Å². The lowest BCUT2D eigenvalue weighted by molar-refractivity contribution is -0.114. The summed E-state index contributed by atoms with van der Waals surface area (Å²) in [6.45, 7) is 7.83. The molecule has 29 heavy (non-hydrogen) atoms. The van der Waals surface area contributed by atoms with E-state index in [2.05, 4.69) is 29.8 Å². The first-order chi connectivity index (χ1) is 14.0. The van der Waals surface area contributed by atoms with Gasteiger partial charge in [0.25, 0.3) is 5.91 Å². The third kappa shape index (κ3) is 8.25. The van der Waals surface area contributed by atoms with Crippen LogP contribution in [0, 0.1) is 5.92 Å². The van der Waals surface area contributed by atoms with Crippen LogP contribution in [0.25, 0.3) is 0 Å². The van der Waals surface area contributed by atoms with Crippen molar-refractivity contribution < 1.29 is 14.3 Å². The number of ether oxygens (including phenoxy) is 1. The predicted molar refractivity (Wildman–Crippen MR) is 118 cm³/mol. The molecule has 0 radical (unpaired) electrons. The average Bonchev–Trinajstić information content (AvgIpc) is 2.71. The van der Waals surface area contributed by atoms with Gasteiger partial charge in [0.05, 0.1) is 13.2 Å². The summed E-state index contributed by atoms with van der Waals surface area (Å²) in [7, 11) is 0. The molecule has 0 saturated carbocycles. The van der Waals surface area contributed by atoms with E-state index in [-0.39, 0.29) is 18.4 Å². The minimum absolute atomic E-state index is 0.108. The summed E-state index contributed by atoms with van der Waals surface area (Å²) in [5.74, 6) is 1.17. The highest BCUT2D eigenvalue weighted by Crippen LogP contribution is 2.16. The van der Waals surface area contributed by atoms with E-state index in [0.717, 1.165) is 24.3 Å². The molecule has 6 heteroatoms. The molecule has 2 rings (SSSR count). The Kier molecular flexibility index (Phi) is 9.02. The maximum absolute atomic E-state index is 12.1. The smallest absolute Gasteiger partial charge is 0.251 e. The predicted octanol–water partition coefficient (Wildman–Crippen LogP) is 4.30. The Bertz CT molecular complexity index is 771. The molecule has 0 saturated heterocycles. The molecule has 0 fully saturated rings. The largest absolute Gasteiger partial charge is 0.494 e. The molecular weight excluding hydrogens is 366 g/mol. The third-order valence-corrected chi connectivity index (χ3v) is 4.24. The van der Waals surface area contributed by atoms with Crippen molar-refractivity contribution in [2.75, 3.05) is 30.3 Å². The van der Waals surface area contributed by atoms with E-state index in [9.17, 15) is 9.59 Å². The molecule has 2 aromatic rings. The summed E-state index contributed by atoms with van der Waals surface area (Å²) in [6.07, 6.45) is 1.91. The van der Waals surface area contributed by atoms with Gasteiger partial charge in [-0.15, -0.1) is 0 Å². The van der Waals surface area contributed by atoms with Crippen LogP contribution in [0.15, 0.2) is 48.5 Å². The second-order valence-corrected chi connectivity index (χ2v) is 7.29. The van der Waals surface area contributed by atoms with Crippen LogP contribution in [0.4, 0.5) is 11.4 Å². The van der Waals surface area contributed by atoms with Gasteiger partial charge in [-0.3, -0.25) is 9.59 Å². The molecule has 2 amide bonds. The Morgan fingerprint density at radius 2 is 1.62 bits per heavy atom. The first-order valence-electron chi connectivity index (χ1n) is 10.1. The fourth-order valence-electron chi connectivity index (χ4n) is 2.51. The summed E-state index contributed by atoms with van der Waals surface area (Å²) in [5.41, 5.74) is 2.07. The highest BCUT2D eigenvalue weighted by atomic mass is 16.5. The molecule has 0 aromatic heterocycles. The lowest BCUT2D eigenvalue weighted by Crippen LogP contribution is -2.24. The van der Waals surface area contributed by atoms with E-state index < -0.39 is 0 Å². The van der Waals surface area contributed by atoms with Gasteiger partial charge in [0, 0.05) is 23.5 Å². The number of anilines is 2. The third-order valence-electron chi connectivity index (χ3n) is 4.24. The van der Waals surface area contributed by atoms with E-state index in [1.165, 1.54) is 0 Å². The van der Waals surface area contributed by atoms with Crippen LogP contribution < -0.4 is 20.7 Å². The van der Waals surface area contributed by atoms with Gasteiger partial charge in [0.1, 0.15) is 5.75 Å². The maximum Gasteiger partial charge on any atom is 0.251 e. The summed E-state index contributed by atoms with van der Waals surface area (Å²) >= 11 is 0. The molecule has 0 unspecified atom stereocenters.